The fourth-order valence-electron chi connectivity index (χ4n) is 1.67. The van der Waals surface area contributed by atoms with E-state index in [1.807, 2.05) is 12.1 Å². The summed E-state index contributed by atoms with van der Waals surface area (Å²) in [6.45, 7) is 2.12. The van der Waals surface area contributed by atoms with Crippen molar-refractivity contribution in [3.8, 4) is 0 Å². The fourth-order valence-corrected chi connectivity index (χ4v) is 1.67. The monoisotopic (exact) mass is 213 g/mol. The summed E-state index contributed by atoms with van der Waals surface area (Å²) in [6, 6.07) is 12.2. The quantitative estimate of drug-likeness (QED) is 0.849. The number of aryl methyl sites for hydroxylation is 1. The first-order valence-electron chi connectivity index (χ1n) is 5.39. The molecule has 2 nitrogen and oxygen atoms in total. The predicted octanol–water partition coefficient (Wildman–Crippen LogP) is 2.47. The van der Waals surface area contributed by atoms with Crippen molar-refractivity contribution in [1.29, 1.82) is 0 Å². The molecule has 1 heterocycles. The lowest BCUT2D eigenvalue weighted by atomic mass is 10.0. The lowest BCUT2D eigenvalue weighted by molar-refractivity contribution is 0.280. The number of nitrogens with zero attached hydrogens (tertiary/aromatic N) is 1. The molecule has 0 atom stereocenters. The SMILES string of the molecule is Cc1ccc(Cc2ncccc2CO)cc1. The van der Waals surface area contributed by atoms with Gasteiger partial charge in [-0.05, 0) is 24.1 Å². The molecular formula is C14H15NO. The van der Waals surface area contributed by atoms with Gasteiger partial charge in [-0.15, -0.1) is 0 Å². The van der Waals surface area contributed by atoms with Crippen LogP contribution < -0.4 is 0 Å². The third-order valence-electron chi connectivity index (χ3n) is 2.65. The molecule has 0 aliphatic carbocycles. The second-order valence-corrected chi connectivity index (χ2v) is 3.93. The summed E-state index contributed by atoms with van der Waals surface area (Å²) in [4.78, 5) is 4.31. The van der Waals surface area contributed by atoms with Crippen LogP contribution in [0.25, 0.3) is 0 Å². The number of aromatic nitrogens is 1. The highest BCUT2D eigenvalue weighted by Gasteiger charge is 2.03. The molecule has 0 saturated heterocycles. The van der Waals surface area contributed by atoms with Crippen molar-refractivity contribution in [2.45, 2.75) is 20.0 Å². The number of hydrogen-bond donors (Lipinski definition) is 1. The first-order valence-corrected chi connectivity index (χ1v) is 5.39. The van der Waals surface area contributed by atoms with Gasteiger partial charge >= 0.3 is 0 Å². The molecule has 2 aromatic rings. The Balaban J connectivity index is 2.23. The summed E-state index contributed by atoms with van der Waals surface area (Å²) < 4.78 is 0. The smallest absolute Gasteiger partial charge is 0.0699 e. The molecule has 0 spiro atoms. The van der Waals surface area contributed by atoms with Crippen LogP contribution in [-0.4, -0.2) is 10.1 Å². The van der Waals surface area contributed by atoms with E-state index in [0.717, 1.165) is 17.7 Å². The van der Waals surface area contributed by atoms with Gasteiger partial charge in [-0.25, -0.2) is 0 Å². The summed E-state index contributed by atoms with van der Waals surface area (Å²) >= 11 is 0. The van der Waals surface area contributed by atoms with E-state index in [0.29, 0.717) is 0 Å². The first kappa shape index (κ1) is 10.8. The Bertz CT molecular complexity index is 462. The Kier molecular flexibility index (Phi) is 3.32. The Morgan fingerprint density at radius 2 is 1.88 bits per heavy atom. The number of rotatable bonds is 3. The van der Waals surface area contributed by atoms with E-state index in [1.54, 1.807) is 6.20 Å². The number of aliphatic hydroxyl groups is 1. The Morgan fingerprint density at radius 1 is 1.12 bits per heavy atom. The molecule has 0 aliphatic heterocycles. The maximum atomic E-state index is 9.20. The highest BCUT2D eigenvalue weighted by molar-refractivity contribution is 5.29. The van der Waals surface area contributed by atoms with Gasteiger partial charge in [0.05, 0.1) is 12.3 Å². The Labute approximate surface area is 95.6 Å². The van der Waals surface area contributed by atoms with Gasteiger partial charge in [-0.2, -0.15) is 0 Å². The molecule has 0 unspecified atom stereocenters. The number of pyridine rings is 1. The van der Waals surface area contributed by atoms with Crippen molar-refractivity contribution < 1.29 is 5.11 Å². The summed E-state index contributed by atoms with van der Waals surface area (Å²) in [6.07, 6.45) is 2.54. The number of benzene rings is 1. The molecule has 82 valence electrons. The van der Waals surface area contributed by atoms with Crippen molar-refractivity contribution in [2.24, 2.45) is 0 Å². The molecule has 0 aliphatic rings. The molecule has 0 saturated carbocycles. The zero-order chi connectivity index (χ0) is 11.4. The molecule has 0 bridgehead atoms. The summed E-state index contributed by atoms with van der Waals surface area (Å²) in [5.74, 6) is 0. The lowest BCUT2D eigenvalue weighted by Gasteiger charge is -2.06. The van der Waals surface area contributed by atoms with E-state index in [2.05, 4.69) is 36.2 Å². The highest BCUT2D eigenvalue weighted by Crippen LogP contribution is 2.12. The molecular weight excluding hydrogens is 198 g/mol. The van der Waals surface area contributed by atoms with Gasteiger partial charge in [0.25, 0.3) is 0 Å². The molecule has 1 aromatic carbocycles. The van der Waals surface area contributed by atoms with Gasteiger partial charge in [0.15, 0.2) is 0 Å². The van der Waals surface area contributed by atoms with Crippen molar-refractivity contribution in [1.82, 2.24) is 4.98 Å². The van der Waals surface area contributed by atoms with Crippen molar-refractivity contribution in [2.75, 3.05) is 0 Å². The average molecular weight is 213 g/mol. The zero-order valence-electron chi connectivity index (χ0n) is 9.35. The maximum absolute atomic E-state index is 9.20. The van der Waals surface area contributed by atoms with Crippen LogP contribution in [0, 0.1) is 6.92 Å². The van der Waals surface area contributed by atoms with Gasteiger partial charge in [0.1, 0.15) is 0 Å². The zero-order valence-corrected chi connectivity index (χ0v) is 9.35. The summed E-state index contributed by atoms with van der Waals surface area (Å²) in [5, 5.41) is 9.20. The minimum atomic E-state index is 0.0506. The van der Waals surface area contributed by atoms with E-state index >= 15 is 0 Å². The average Bonchev–Trinajstić information content (AvgIpc) is 2.33. The second-order valence-electron chi connectivity index (χ2n) is 3.93. The molecule has 0 fully saturated rings. The van der Waals surface area contributed by atoms with Crippen LogP contribution in [0.5, 0.6) is 0 Å². The molecule has 1 N–H and O–H groups in total. The van der Waals surface area contributed by atoms with E-state index in [4.69, 9.17) is 0 Å². The topological polar surface area (TPSA) is 33.1 Å². The normalized spacial score (nSPS) is 10.4. The van der Waals surface area contributed by atoms with Crippen LogP contribution in [0.15, 0.2) is 42.6 Å². The molecule has 0 amide bonds. The molecule has 0 radical (unpaired) electrons. The van der Waals surface area contributed by atoms with Gasteiger partial charge < -0.3 is 5.11 Å². The van der Waals surface area contributed by atoms with E-state index in [1.165, 1.54) is 11.1 Å². The Hall–Kier alpha value is -1.67. The standard InChI is InChI=1S/C14H15NO/c1-11-4-6-12(7-5-11)9-14-13(10-16)3-2-8-15-14/h2-8,16H,9-10H2,1H3. The van der Waals surface area contributed by atoms with Crippen LogP contribution in [0.4, 0.5) is 0 Å². The van der Waals surface area contributed by atoms with Crippen LogP contribution in [0.2, 0.25) is 0 Å². The van der Waals surface area contributed by atoms with Crippen molar-refractivity contribution in [3.05, 3.63) is 65.0 Å². The minimum absolute atomic E-state index is 0.0506. The molecule has 2 heteroatoms. The first-order chi connectivity index (χ1) is 7.79. The van der Waals surface area contributed by atoms with E-state index < -0.39 is 0 Å². The fraction of sp³-hybridized carbons (Fsp3) is 0.214. The van der Waals surface area contributed by atoms with Crippen LogP contribution >= 0.6 is 0 Å². The van der Waals surface area contributed by atoms with Crippen molar-refractivity contribution >= 4 is 0 Å². The maximum Gasteiger partial charge on any atom is 0.0699 e. The van der Waals surface area contributed by atoms with Gasteiger partial charge in [0.2, 0.25) is 0 Å². The van der Waals surface area contributed by atoms with Crippen molar-refractivity contribution in [3.63, 3.8) is 0 Å². The molecule has 16 heavy (non-hydrogen) atoms. The third kappa shape index (κ3) is 2.47. The van der Waals surface area contributed by atoms with E-state index in [-0.39, 0.29) is 6.61 Å². The van der Waals surface area contributed by atoms with Gasteiger partial charge in [-0.3, -0.25) is 4.98 Å². The van der Waals surface area contributed by atoms with Crippen LogP contribution in [-0.2, 0) is 13.0 Å². The number of hydrogen-bond acceptors (Lipinski definition) is 2. The van der Waals surface area contributed by atoms with Crippen LogP contribution in [0.1, 0.15) is 22.4 Å². The molecule has 2 rings (SSSR count). The van der Waals surface area contributed by atoms with Gasteiger partial charge in [0, 0.05) is 12.6 Å². The van der Waals surface area contributed by atoms with E-state index in [9.17, 15) is 5.11 Å². The summed E-state index contributed by atoms with van der Waals surface area (Å²) in [5.41, 5.74) is 4.34. The Morgan fingerprint density at radius 3 is 2.56 bits per heavy atom. The second kappa shape index (κ2) is 4.90. The minimum Gasteiger partial charge on any atom is -0.392 e. The third-order valence-corrected chi connectivity index (χ3v) is 2.65. The highest BCUT2D eigenvalue weighted by atomic mass is 16.3. The molecule has 1 aromatic heterocycles. The van der Waals surface area contributed by atoms with Gasteiger partial charge in [-0.1, -0.05) is 35.9 Å². The van der Waals surface area contributed by atoms with Crippen LogP contribution in [0.3, 0.4) is 0 Å². The lowest BCUT2D eigenvalue weighted by Crippen LogP contribution is -1.98. The number of aliphatic hydroxyl groups excluding tert-OH is 1. The largest absolute Gasteiger partial charge is 0.392 e. The summed E-state index contributed by atoms with van der Waals surface area (Å²) in [7, 11) is 0. The predicted molar refractivity (Wildman–Crippen MR) is 64.1 cm³/mol.